The Balaban J connectivity index is 2.42. The van der Waals surface area contributed by atoms with E-state index in [0.29, 0.717) is 23.4 Å². The molecule has 0 fully saturated rings. The molecule has 1 aliphatic rings. The molecule has 1 aromatic heterocycles. The molecule has 0 unspecified atom stereocenters. The minimum atomic E-state index is 0.475. The number of ether oxygens (including phenoxy) is 1. The van der Waals surface area contributed by atoms with Crippen molar-refractivity contribution < 1.29 is 4.74 Å². The van der Waals surface area contributed by atoms with Gasteiger partial charge in [0.2, 0.25) is 5.88 Å². The summed E-state index contributed by atoms with van der Waals surface area (Å²) in [5.74, 6) is 0.475. The van der Waals surface area contributed by atoms with E-state index >= 15 is 0 Å². The van der Waals surface area contributed by atoms with Crippen molar-refractivity contribution in [1.82, 2.24) is 4.98 Å². The van der Waals surface area contributed by atoms with Gasteiger partial charge in [0.1, 0.15) is 12.3 Å². The number of nitriles is 2. The van der Waals surface area contributed by atoms with Crippen LogP contribution in [-0.2, 0) is 6.42 Å². The highest BCUT2D eigenvalue weighted by molar-refractivity contribution is 5.42. The van der Waals surface area contributed by atoms with Crippen molar-refractivity contribution in [3.8, 4) is 18.0 Å². The van der Waals surface area contributed by atoms with E-state index < -0.39 is 0 Å². The number of hydrogen-bond donors (Lipinski definition) is 0. The van der Waals surface area contributed by atoms with E-state index in [9.17, 15) is 0 Å². The van der Waals surface area contributed by atoms with Crippen molar-refractivity contribution in [1.29, 1.82) is 10.5 Å². The summed E-state index contributed by atoms with van der Waals surface area (Å²) < 4.78 is 5.12. The molecule has 0 aliphatic carbocycles. The largest absolute Gasteiger partial charge is 0.445 e. The number of rotatable bonds is 0. The Morgan fingerprint density at radius 1 is 1.36 bits per heavy atom. The third kappa shape index (κ3) is 1.30. The Hall–Kier alpha value is -2.33. The Morgan fingerprint density at radius 2 is 2.21 bits per heavy atom. The molecule has 1 aromatic rings. The molecular formula is C10H5N3O. The van der Waals surface area contributed by atoms with Gasteiger partial charge in [0.05, 0.1) is 17.2 Å². The first-order valence-corrected chi connectivity index (χ1v) is 3.98. The highest BCUT2D eigenvalue weighted by atomic mass is 16.5. The SMILES string of the molecule is N#CC1=COc2ncc(C#N)cc2C1. The van der Waals surface area contributed by atoms with E-state index in [1.165, 1.54) is 12.5 Å². The Labute approximate surface area is 80.7 Å². The molecule has 0 amide bonds. The van der Waals surface area contributed by atoms with Crippen LogP contribution in [0.15, 0.2) is 24.1 Å². The van der Waals surface area contributed by atoms with Crippen molar-refractivity contribution in [2.45, 2.75) is 6.42 Å². The average molecular weight is 183 g/mol. The highest BCUT2D eigenvalue weighted by Crippen LogP contribution is 2.24. The van der Waals surface area contributed by atoms with Crippen LogP contribution in [0, 0.1) is 22.7 Å². The molecule has 66 valence electrons. The smallest absolute Gasteiger partial charge is 0.222 e. The van der Waals surface area contributed by atoms with Gasteiger partial charge in [0.15, 0.2) is 0 Å². The van der Waals surface area contributed by atoms with Gasteiger partial charge in [-0.1, -0.05) is 0 Å². The van der Waals surface area contributed by atoms with E-state index in [1.807, 2.05) is 12.1 Å². The summed E-state index contributed by atoms with van der Waals surface area (Å²) in [6.45, 7) is 0. The number of allylic oxidation sites excluding steroid dienone is 1. The Bertz CT molecular complexity index is 491. The summed E-state index contributed by atoms with van der Waals surface area (Å²) >= 11 is 0. The van der Waals surface area contributed by atoms with E-state index in [0.717, 1.165) is 5.56 Å². The minimum Gasteiger partial charge on any atom is -0.445 e. The van der Waals surface area contributed by atoms with Crippen LogP contribution in [-0.4, -0.2) is 4.98 Å². The molecule has 0 radical (unpaired) electrons. The molecule has 0 atom stereocenters. The molecule has 0 aromatic carbocycles. The van der Waals surface area contributed by atoms with Gasteiger partial charge < -0.3 is 4.74 Å². The lowest BCUT2D eigenvalue weighted by molar-refractivity contribution is 0.440. The predicted molar refractivity (Wildman–Crippen MR) is 47.0 cm³/mol. The summed E-state index contributed by atoms with van der Waals surface area (Å²) in [7, 11) is 0. The first-order valence-electron chi connectivity index (χ1n) is 3.98. The molecule has 14 heavy (non-hydrogen) atoms. The highest BCUT2D eigenvalue weighted by Gasteiger charge is 2.13. The van der Waals surface area contributed by atoms with Crippen LogP contribution in [0.1, 0.15) is 11.1 Å². The van der Waals surface area contributed by atoms with Crippen molar-refractivity contribution in [3.63, 3.8) is 0 Å². The topological polar surface area (TPSA) is 69.7 Å². The lowest BCUT2D eigenvalue weighted by Gasteiger charge is -2.11. The lowest BCUT2D eigenvalue weighted by Crippen LogP contribution is -2.03. The van der Waals surface area contributed by atoms with E-state index in [-0.39, 0.29) is 0 Å². The zero-order valence-electron chi connectivity index (χ0n) is 7.19. The molecule has 0 saturated heterocycles. The van der Waals surface area contributed by atoms with E-state index in [1.54, 1.807) is 6.07 Å². The number of pyridine rings is 1. The summed E-state index contributed by atoms with van der Waals surface area (Å²) in [6.07, 6.45) is 3.32. The molecule has 2 rings (SSSR count). The zero-order valence-corrected chi connectivity index (χ0v) is 7.19. The van der Waals surface area contributed by atoms with Gasteiger partial charge in [0, 0.05) is 18.2 Å². The summed E-state index contributed by atoms with van der Waals surface area (Å²) in [6, 6.07) is 5.68. The lowest BCUT2D eigenvalue weighted by atomic mass is 10.1. The molecule has 0 N–H and O–H groups in total. The van der Waals surface area contributed by atoms with Crippen molar-refractivity contribution >= 4 is 0 Å². The van der Waals surface area contributed by atoms with E-state index in [2.05, 4.69) is 4.98 Å². The fourth-order valence-electron chi connectivity index (χ4n) is 1.23. The maximum Gasteiger partial charge on any atom is 0.222 e. The monoisotopic (exact) mass is 183 g/mol. The standard InChI is InChI=1S/C10H5N3O/c11-3-7-1-9-2-8(4-12)6-14-10(9)13-5-7/h1,5-6H,2H2. The van der Waals surface area contributed by atoms with Gasteiger partial charge in [-0.2, -0.15) is 10.5 Å². The Kier molecular flexibility index (Phi) is 1.89. The van der Waals surface area contributed by atoms with Gasteiger partial charge >= 0.3 is 0 Å². The van der Waals surface area contributed by atoms with Gasteiger partial charge in [-0.15, -0.1) is 0 Å². The minimum absolute atomic E-state index is 0.475. The van der Waals surface area contributed by atoms with Crippen LogP contribution < -0.4 is 4.74 Å². The van der Waals surface area contributed by atoms with Crippen LogP contribution in [0.5, 0.6) is 5.88 Å². The fourth-order valence-corrected chi connectivity index (χ4v) is 1.23. The molecule has 2 heterocycles. The molecule has 0 spiro atoms. The molecule has 4 nitrogen and oxygen atoms in total. The van der Waals surface area contributed by atoms with Gasteiger partial charge in [-0.05, 0) is 6.07 Å². The number of hydrogen-bond acceptors (Lipinski definition) is 4. The predicted octanol–water partition coefficient (Wildman–Crippen LogP) is 1.30. The third-order valence-electron chi connectivity index (χ3n) is 1.89. The number of aromatic nitrogens is 1. The van der Waals surface area contributed by atoms with Crippen LogP contribution >= 0.6 is 0 Å². The van der Waals surface area contributed by atoms with Crippen LogP contribution in [0.3, 0.4) is 0 Å². The van der Waals surface area contributed by atoms with Gasteiger partial charge in [-0.3, -0.25) is 0 Å². The third-order valence-corrected chi connectivity index (χ3v) is 1.89. The van der Waals surface area contributed by atoms with Crippen molar-refractivity contribution in [2.24, 2.45) is 0 Å². The molecule has 4 heteroatoms. The second-order valence-electron chi connectivity index (χ2n) is 2.85. The summed E-state index contributed by atoms with van der Waals surface area (Å²) in [5.41, 5.74) is 1.80. The second-order valence-corrected chi connectivity index (χ2v) is 2.85. The average Bonchev–Trinajstić information content (AvgIpc) is 2.27. The maximum absolute atomic E-state index is 8.66. The van der Waals surface area contributed by atoms with Gasteiger partial charge in [-0.25, -0.2) is 4.98 Å². The first-order chi connectivity index (χ1) is 6.83. The fraction of sp³-hybridized carbons (Fsp3) is 0.100. The first kappa shape index (κ1) is 8.28. The van der Waals surface area contributed by atoms with Crippen molar-refractivity contribution in [3.05, 3.63) is 35.2 Å². The number of fused-ring (bicyclic) bond motifs is 1. The molecular weight excluding hydrogens is 178 g/mol. The zero-order chi connectivity index (χ0) is 9.97. The normalized spacial score (nSPS) is 12.9. The van der Waals surface area contributed by atoms with Gasteiger partial charge in [0.25, 0.3) is 0 Å². The molecule has 1 aliphatic heterocycles. The Morgan fingerprint density at radius 3 is 2.93 bits per heavy atom. The van der Waals surface area contributed by atoms with Crippen LogP contribution in [0.4, 0.5) is 0 Å². The van der Waals surface area contributed by atoms with Crippen molar-refractivity contribution in [2.75, 3.05) is 0 Å². The quantitative estimate of drug-likeness (QED) is 0.607. The summed E-state index contributed by atoms with van der Waals surface area (Å²) in [5, 5.41) is 17.3. The second kappa shape index (κ2) is 3.20. The van der Waals surface area contributed by atoms with E-state index in [4.69, 9.17) is 15.3 Å². The maximum atomic E-state index is 8.66. The number of nitrogens with zero attached hydrogens (tertiary/aromatic N) is 3. The van der Waals surface area contributed by atoms with Crippen LogP contribution in [0.2, 0.25) is 0 Å². The summed E-state index contributed by atoms with van der Waals surface area (Å²) in [4.78, 5) is 3.96. The molecule has 0 bridgehead atoms. The molecule has 0 saturated carbocycles. The van der Waals surface area contributed by atoms with Crippen LogP contribution in [0.25, 0.3) is 0 Å².